The maximum Gasteiger partial charge on any atom is 0.490 e. The van der Waals surface area contributed by atoms with Gasteiger partial charge in [0, 0.05) is 36.3 Å². The fourth-order valence-electron chi connectivity index (χ4n) is 3.32. The van der Waals surface area contributed by atoms with Gasteiger partial charge in [0.25, 0.3) is 6.08 Å². The van der Waals surface area contributed by atoms with Gasteiger partial charge in [0.2, 0.25) is 0 Å². The number of urea groups is 1. The fourth-order valence-corrected chi connectivity index (χ4v) is 4.21. The van der Waals surface area contributed by atoms with E-state index in [2.05, 4.69) is 10.4 Å². The number of nitrogens with zero attached hydrogens (tertiary/aromatic N) is 4. The molecule has 0 aliphatic carbocycles. The van der Waals surface area contributed by atoms with Gasteiger partial charge in [0.1, 0.15) is 6.33 Å². The molecular weight excluding hydrogens is 539 g/mol. The molecule has 0 bridgehead atoms. The first-order valence-electron chi connectivity index (χ1n) is 10.7. The molecular formula is C22H21F5N6O4S. The number of anilines is 1. The van der Waals surface area contributed by atoms with Crippen LogP contribution in [0.3, 0.4) is 0 Å². The zero-order valence-corrected chi connectivity index (χ0v) is 20.4. The lowest BCUT2D eigenvalue weighted by molar-refractivity contribution is -0.192. The summed E-state index contributed by atoms with van der Waals surface area (Å²) in [4.78, 5) is 35.7. The maximum atomic E-state index is 12.8. The first-order chi connectivity index (χ1) is 17.8. The number of hydrogen-bond acceptors (Lipinski definition) is 6. The van der Waals surface area contributed by atoms with Gasteiger partial charge in [0.15, 0.2) is 0 Å². The van der Waals surface area contributed by atoms with Crippen LogP contribution in [0.2, 0.25) is 0 Å². The zero-order valence-electron chi connectivity index (χ0n) is 19.6. The second-order valence-electron chi connectivity index (χ2n) is 8.03. The fraction of sp³-hybridized carbons (Fsp3) is 0.273. The zero-order chi connectivity index (χ0) is 28.2. The number of carbonyl (C=O) groups is 2. The van der Waals surface area contributed by atoms with Gasteiger partial charge < -0.3 is 21.1 Å². The predicted octanol–water partition coefficient (Wildman–Crippen LogP) is 3.54. The number of thiophene rings is 1. The van der Waals surface area contributed by atoms with Crippen molar-refractivity contribution < 1.29 is 36.6 Å². The topological polar surface area (TPSA) is 135 Å². The molecule has 0 fully saturated rings. The van der Waals surface area contributed by atoms with E-state index >= 15 is 0 Å². The molecule has 1 aliphatic rings. The van der Waals surface area contributed by atoms with Crippen LogP contribution in [0, 0.1) is 0 Å². The number of carbonyl (C=O) groups excluding carboxylic acids is 1. The lowest BCUT2D eigenvalue weighted by atomic mass is 10.0. The summed E-state index contributed by atoms with van der Waals surface area (Å²) < 4.78 is 59.7. The minimum absolute atomic E-state index is 0.132. The summed E-state index contributed by atoms with van der Waals surface area (Å²) in [5.41, 5.74) is 8.34. The van der Waals surface area contributed by atoms with Crippen LogP contribution in [0.4, 0.5) is 32.4 Å². The molecule has 0 radical (unpaired) electrons. The molecule has 0 saturated carbocycles. The summed E-state index contributed by atoms with van der Waals surface area (Å²) in [6.07, 6.45) is -5.63. The minimum atomic E-state index is -5.08. The third-order valence-corrected chi connectivity index (χ3v) is 6.23. The molecule has 0 saturated heterocycles. The molecule has 38 heavy (non-hydrogen) atoms. The molecule has 2 amide bonds. The Morgan fingerprint density at radius 1 is 1.21 bits per heavy atom. The van der Waals surface area contributed by atoms with Gasteiger partial charge in [-0.15, -0.1) is 11.3 Å². The lowest BCUT2D eigenvalue weighted by Gasteiger charge is -2.26. The Labute approximate surface area is 215 Å². The maximum absolute atomic E-state index is 12.8. The highest BCUT2D eigenvalue weighted by Gasteiger charge is 2.38. The van der Waals surface area contributed by atoms with Crippen molar-refractivity contribution in [1.82, 2.24) is 19.2 Å². The van der Waals surface area contributed by atoms with Crippen molar-refractivity contribution in [3.05, 3.63) is 68.6 Å². The minimum Gasteiger partial charge on any atom is -0.475 e. The van der Waals surface area contributed by atoms with Crippen molar-refractivity contribution in [2.75, 3.05) is 18.9 Å². The molecule has 10 nitrogen and oxygen atoms in total. The van der Waals surface area contributed by atoms with E-state index in [1.165, 1.54) is 22.2 Å². The van der Waals surface area contributed by atoms with Gasteiger partial charge >= 0.3 is 23.9 Å². The summed E-state index contributed by atoms with van der Waals surface area (Å²) >= 11 is 1.49. The molecule has 4 rings (SSSR count). The predicted molar refractivity (Wildman–Crippen MR) is 128 cm³/mol. The standard InChI is InChI=1S/C20H20F2N6O2S.C2HF3O2/c1-26-7-13-4-12(2-3-17(13)25-19(26)29)14-5-16(31-10-14)9-27-11-24-28(20(27)30)8-15(6-23)18(21)22;3-2(4,5)1(6)7/h2-5,10-11H,6-9,23H2,1H3,(H,25,29);(H,6,7). The number of nitrogens with one attached hydrogen (secondary N) is 1. The number of carboxylic acid groups (broad SMARTS) is 1. The summed E-state index contributed by atoms with van der Waals surface area (Å²) in [6, 6.07) is 7.70. The molecule has 4 N–H and O–H groups in total. The molecule has 3 heterocycles. The number of alkyl halides is 3. The number of fused-ring (bicyclic) bond motifs is 1. The number of rotatable bonds is 6. The van der Waals surface area contributed by atoms with Crippen LogP contribution in [-0.4, -0.2) is 56.1 Å². The number of amides is 2. The number of aliphatic carboxylic acids is 1. The molecule has 1 aromatic carbocycles. The quantitative estimate of drug-likeness (QED) is 0.395. The smallest absolute Gasteiger partial charge is 0.475 e. The molecule has 2 aromatic heterocycles. The van der Waals surface area contributed by atoms with Gasteiger partial charge in [-0.25, -0.2) is 19.1 Å². The van der Waals surface area contributed by atoms with Gasteiger partial charge in [-0.05, 0) is 40.3 Å². The van der Waals surface area contributed by atoms with Crippen molar-refractivity contribution in [1.29, 1.82) is 0 Å². The second-order valence-corrected chi connectivity index (χ2v) is 9.03. The van der Waals surface area contributed by atoms with Gasteiger partial charge in [0.05, 0.1) is 13.1 Å². The number of halogens is 5. The average molecular weight is 561 g/mol. The van der Waals surface area contributed by atoms with E-state index in [1.54, 1.807) is 11.9 Å². The van der Waals surface area contributed by atoms with Crippen LogP contribution >= 0.6 is 11.3 Å². The molecule has 204 valence electrons. The molecule has 3 aromatic rings. The molecule has 16 heteroatoms. The highest BCUT2D eigenvalue weighted by atomic mass is 32.1. The van der Waals surface area contributed by atoms with Crippen LogP contribution in [0.5, 0.6) is 0 Å². The largest absolute Gasteiger partial charge is 0.490 e. The van der Waals surface area contributed by atoms with Gasteiger partial charge in [-0.1, -0.05) is 6.07 Å². The van der Waals surface area contributed by atoms with Crippen LogP contribution in [-0.2, 0) is 24.4 Å². The Morgan fingerprint density at radius 2 is 1.89 bits per heavy atom. The third kappa shape index (κ3) is 6.83. The SMILES string of the molecule is CN1Cc2cc(-c3csc(Cn4cnn(CC(CN)=C(F)F)c4=O)c3)ccc2NC1=O.O=C(O)C(F)(F)F. The average Bonchev–Trinajstić information content (AvgIpc) is 3.45. The Hall–Kier alpha value is -4.05. The van der Waals surface area contributed by atoms with Crippen molar-refractivity contribution in [3.63, 3.8) is 0 Å². The first-order valence-corrected chi connectivity index (χ1v) is 11.6. The summed E-state index contributed by atoms with van der Waals surface area (Å²) in [5, 5.41) is 15.9. The lowest BCUT2D eigenvalue weighted by Crippen LogP contribution is -2.35. The van der Waals surface area contributed by atoms with Crippen molar-refractivity contribution in [2.24, 2.45) is 5.73 Å². The number of benzene rings is 1. The molecule has 1 aliphatic heterocycles. The normalized spacial score (nSPS) is 12.8. The second kappa shape index (κ2) is 11.6. The monoisotopic (exact) mass is 560 g/mol. The van der Waals surface area contributed by atoms with Crippen LogP contribution in [0.15, 0.2) is 52.4 Å². The van der Waals surface area contributed by atoms with E-state index < -0.39 is 23.9 Å². The van der Waals surface area contributed by atoms with Gasteiger partial charge in [-0.3, -0.25) is 4.57 Å². The van der Waals surface area contributed by atoms with Crippen LogP contribution < -0.4 is 16.7 Å². The summed E-state index contributed by atoms with van der Waals surface area (Å²) in [6.45, 7) is 0.142. The van der Waals surface area contributed by atoms with Gasteiger partial charge in [-0.2, -0.15) is 27.1 Å². The van der Waals surface area contributed by atoms with Crippen molar-refractivity contribution in [3.8, 4) is 11.1 Å². The van der Waals surface area contributed by atoms with E-state index in [1.807, 2.05) is 29.6 Å². The van der Waals surface area contributed by atoms with Crippen LogP contribution in [0.25, 0.3) is 11.1 Å². The Bertz CT molecular complexity index is 1420. The first kappa shape index (κ1) is 28.5. The van der Waals surface area contributed by atoms with Crippen LogP contribution in [0.1, 0.15) is 10.4 Å². The number of hydrogen-bond donors (Lipinski definition) is 3. The summed E-state index contributed by atoms with van der Waals surface area (Å²) in [7, 11) is 1.74. The Balaban J connectivity index is 0.000000505. The van der Waals surface area contributed by atoms with E-state index in [0.29, 0.717) is 6.54 Å². The Morgan fingerprint density at radius 3 is 2.50 bits per heavy atom. The third-order valence-electron chi connectivity index (χ3n) is 5.31. The van der Waals surface area contributed by atoms with Crippen molar-refractivity contribution in [2.45, 2.75) is 25.8 Å². The van der Waals surface area contributed by atoms with E-state index in [4.69, 9.17) is 15.6 Å². The number of aromatic nitrogens is 3. The highest BCUT2D eigenvalue weighted by molar-refractivity contribution is 7.10. The molecule has 0 spiro atoms. The molecule has 0 unspecified atom stereocenters. The number of carboxylic acids is 1. The van der Waals surface area contributed by atoms with Crippen molar-refractivity contribution >= 4 is 29.0 Å². The van der Waals surface area contributed by atoms with E-state index in [-0.39, 0.29) is 31.2 Å². The summed E-state index contributed by atoms with van der Waals surface area (Å²) in [5.74, 6) is -2.76. The van der Waals surface area contributed by atoms with E-state index in [9.17, 15) is 31.5 Å². The van der Waals surface area contributed by atoms with E-state index in [0.717, 1.165) is 31.9 Å². The Kier molecular flexibility index (Phi) is 8.67. The molecule has 0 atom stereocenters. The number of nitrogens with two attached hydrogens (primary N) is 1. The highest BCUT2D eigenvalue weighted by Crippen LogP contribution is 2.31.